The second kappa shape index (κ2) is 20.0. The number of piperidine rings is 1. The van der Waals surface area contributed by atoms with Gasteiger partial charge in [0.1, 0.15) is 6.23 Å². The molecule has 6 aromatic rings. The average molecular weight is 846 g/mol. The predicted octanol–water partition coefficient (Wildman–Crippen LogP) is 6.87. The number of hydrogen-bond acceptors (Lipinski definition) is 8. The van der Waals surface area contributed by atoms with E-state index in [0.717, 1.165) is 114 Å². The molecule has 0 spiro atoms. The van der Waals surface area contributed by atoms with E-state index in [1.807, 2.05) is 90.1 Å². The normalized spacial score (nSPS) is 17.8. The van der Waals surface area contributed by atoms with Crippen LogP contribution in [-0.4, -0.2) is 98.6 Å². The zero-order valence-electron chi connectivity index (χ0n) is 35.9. The summed E-state index contributed by atoms with van der Waals surface area (Å²) in [5.41, 5.74) is 9.59. The van der Waals surface area contributed by atoms with Crippen molar-refractivity contribution < 1.29 is 14.7 Å². The number of rotatable bonds is 9. The summed E-state index contributed by atoms with van der Waals surface area (Å²) >= 11 is 0. The molecule has 320 valence electrons. The van der Waals surface area contributed by atoms with Crippen LogP contribution in [0.25, 0.3) is 28.4 Å². The van der Waals surface area contributed by atoms with E-state index in [4.69, 9.17) is 4.98 Å². The van der Waals surface area contributed by atoms with Crippen molar-refractivity contribution in [3.05, 3.63) is 166 Å². The first kappa shape index (κ1) is 42.4. The van der Waals surface area contributed by atoms with Crippen LogP contribution in [0.3, 0.4) is 0 Å². The van der Waals surface area contributed by atoms with Crippen molar-refractivity contribution in [1.29, 1.82) is 0 Å². The van der Waals surface area contributed by atoms with Crippen LogP contribution in [0.15, 0.2) is 122 Å². The van der Waals surface area contributed by atoms with Crippen molar-refractivity contribution in [2.24, 2.45) is 0 Å². The molecular weight excluding hydrogens is 795 g/mol. The number of pyridine rings is 1. The van der Waals surface area contributed by atoms with Gasteiger partial charge in [0, 0.05) is 85.7 Å². The van der Waals surface area contributed by atoms with Crippen LogP contribution >= 0.6 is 0 Å². The first-order valence-corrected chi connectivity index (χ1v) is 22.3. The number of fused-ring (bicyclic) bond motifs is 2. The van der Waals surface area contributed by atoms with E-state index in [1.54, 1.807) is 0 Å². The maximum Gasteiger partial charge on any atom is 0.254 e. The Labute approximate surface area is 375 Å². The van der Waals surface area contributed by atoms with Crippen molar-refractivity contribution in [3.8, 4) is 35.1 Å². The van der Waals surface area contributed by atoms with Gasteiger partial charge >= 0.3 is 0 Å². The predicted molar refractivity (Wildman–Crippen MR) is 251 cm³/mol. The number of hydrogen-bond donors (Lipinski definition) is 2. The second-order valence-corrected chi connectivity index (χ2v) is 16.7. The monoisotopic (exact) mass is 845 g/mol. The molecule has 0 aliphatic carbocycles. The highest BCUT2D eigenvalue weighted by Gasteiger charge is 2.28. The molecule has 10 nitrogen and oxygen atoms in total. The van der Waals surface area contributed by atoms with Gasteiger partial charge in [0.15, 0.2) is 5.82 Å². The quantitative estimate of drug-likeness (QED) is 0.152. The lowest BCUT2D eigenvalue weighted by atomic mass is 9.89. The third-order valence-electron chi connectivity index (χ3n) is 12.3. The molecule has 0 radical (unpaired) electrons. The third-order valence-corrected chi connectivity index (χ3v) is 12.3. The molecule has 0 bridgehead atoms. The number of aliphatic hydroxyl groups excluding tert-OH is 1. The number of carbonyl (C=O) groups excluding carboxylic acids is 2. The van der Waals surface area contributed by atoms with E-state index in [0.29, 0.717) is 37.3 Å². The zero-order valence-corrected chi connectivity index (χ0v) is 35.9. The molecule has 2 atom stereocenters. The molecule has 2 fully saturated rings. The van der Waals surface area contributed by atoms with Gasteiger partial charge in [0.25, 0.3) is 5.91 Å². The number of para-hydroxylation sites is 1. The fourth-order valence-corrected chi connectivity index (χ4v) is 8.53. The minimum atomic E-state index is -0.744. The summed E-state index contributed by atoms with van der Waals surface area (Å²) in [7, 11) is 0. The van der Waals surface area contributed by atoms with Crippen molar-refractivity contribution in [2.75, 3.05) is 45.8 Å². The summed E-state index contributed by atoms with van der Waals surface area (Å²) in [6.45, 7) is 6.75. The maximum absolute atomic E-state index is 13.6. The van der Waals surface area contributed by atoms with E-state index >= 15 is 0 Å². The Bertz CT molecular complexity index is 2790. The fourth-order valence-electron chi connectivity index (χ4n) is 8.53. The van der Waals surface area contributed by atoms with Gasteiger partial charge in [-0.3, -0.25) is 24.4 Å². The summed E-state index contributed by atoms with van der Waals surface area (Å²) in [5.74, 6) is 13.6. The van der Waals surface area contributed by atoms with Crippen LogP contribution < -0.4 is 5.32 Å². The van der Waals surface area contributed by atoms with Crippen LogP contribution in [0.5, 0.6) is 0 Å². The maximum atomic E-state index is 13.6. The highest BCUT2D eigenvalue weighted by atomic mass is 16.3. The van der Waals surface area contributed by atoms with Gasteiger partial charge in [-0.2, -0.15) is 0 Å². The van der Waals surface area contributed by atoms with Gasteiger partial charge in [-0.1, -0.05) is 90.4 Å². The largest absolute Gasteiger partial charge is 0.374 e. The van der Waals surface area contributed by atoms with Crippen molar-refractivity contribution in [2.45, 2.75) is 50.8 Å². The number of piperazine rings is 1. The highest BCUT2D eigenvalue weighted by molar-refractivity contribution is 5.94. The van der Waals surface area contributed by atoms with Crippen LogP contribution in [-0.2, 0) is 24.2 Å². The number of nitrogens with zero attached hydrogens (tertiary/aromatic N) is 6. The van der Waals surface area contributed by atoms with E-state index in [9.17, 15) is 14.7 Å². The van der Waals surface area contributed by atoms with Crippen LogP contribution in [0, 0.1) is 23.7 Å². The van der Waals surface area contributed by atoms with Gasteiger partial charge in [0.2, 0.25) is 5.91 Å². The lowest BCUT2D eigenvalue weighted by Crippen LogP contribution is -2.46. The van der Waals surface area contributed by atoms with Crippen LogP contribution in [0.1, 0.15) is 74.6 Å². The molecule has 2 saturated heterocycles. The Balaban J connectivity index is 0.688. The molecule has 4 aromatic carbocycles. The van der Waals surface area contributed by atoms with Crippen molar-refractivity contribution in [1.82, 2.24) is 35.0 Å². The average Bonchev–Trinajstić information content (AvgIpc) is 3.33. The van der Waals surface area contributed by atoms with Gasteiger partial charge in [-0.05, 0) is 96.5 Å². The second-order valence-electron chi connectivity index (χ2n) is 16.7. The molecule has 2 amide bonds. The zero-order chi connectivity index (χ0) is 43.7. The molecule has 10 heteroatoms. The van der Waals surface area contributed by atoms with Gasteiger partial charge in [-0.25, -0.2) is 9.97 Å². The van der Waals surface area contributed by atoms with E-state index in [-0.39, 0.29) is 17.7 Å². The molecule has 3 aliphatic rings. The lowest BCUT2D eigenvalue weighted by Gasteiger charge is -2.33. The summed E-state index contributed by atoms with van der Waals surface area (Å²) in [5, 5.41) is 13.4. The topological polar surface area (TPSA) is 115 Å². The molecule has 3 aliphatic heterocycles. The SMILES string of the molecule is O=C1NC(O)CCC1c1cccc(C#CCCN2CCN(CC#Cc3ccc(/C=C/Cc4ccc(C(=O)N5CCc6cnc(-c7cnc8ccccc8c7)nc6C5)cc4)cc3)CC2)c1. The number of benzene rings is 4. The van der Waals surface area contributed by atoms with E-state index in [2.05, 4.69) is 91.3 Å². The molecule has 0 saturated carbocycles. The number of aromatic nitrogens is 3. The van der Waals surface area contributed by atoms with Crippen molar-refractivity contribution >= 4 is 28.8 Å². The number of allylic oxidation sites excluding steroid dienone is 1. The van der Waals surface area contributed by atoms with Crippen LogP contribution in [0.4, 0.5) is 0 Å². The molecule has 2 unspecified atom stereocenters. The van der Waals surface area contributed by atoms with Gasteiger partial charge in [0.05, 0.1) is 30.2 Å². The first-order chi connectivity index (χ1) is 31.4. The lowest BCUT2D eigenvalue weighted by molar-refractivity contribution is -0.128. The fraction of sp³-hybridized carbons (Fsp3) is 0.278. The van der Waals surface area contributed by atoms with Gasteiger partial charge < -0.3 is 15.3 Å². The summed E-state index contributed by atoms with van der Waals surface area (Å²) in [6.07, 6.45) is 10.7. The Morgan fingerprint density at radius 1 is 0.812 bits per heavy atom. The standard InChI is InChI=1S/C54H51N7O3/c62-51-25-24-48(53(63)58-51)44-14-6-11-42(34-44)8-3-4-27-59-30-32-60(33-31-59)28-7-12-41-18-16-39(17-19-41)9-5-10-40-20-22-43(23-21-40)54(64)61-29-26-46-36-56-52(57-50(46)38-61)47-35-45-13-1-2-15-49(45)55-37-47/h1-2,5-6,9,11,13-23,34-37,48,51,62H,4,10,24-33,38H2,(H,58,63)/b9-5+. The Morgan fingerprint density at radius 2 is 1.62 bits per heavy atom. The minimum absolute atomic E-state index is 0.0107. The molecule has 2 N–H and O–H groups in total. The number of carbonyl (C=O) groups is 2. The molecule has 64 heavy (non-hydrogen) atoms. The Morgan fingerprint density at radius 3 is 2.47 bits per heavy atom. The molecule has 9 rings (SSSR count). The Kier molecular flexibility index (Phi) is 13.3. The molecule has 2 aromatic heterocycles. The van der Waals surface area contributed by atoms with E-state index in [1.165, 1.54) is 0 Å². The molecular formula is C54H51N7O3. The third kappa shape index (κ3) is 10.6. The summed E-state index contributed by atoms with van der Waals surface area (Å²) in [4.78, 5) is 46.7. The number of nitrogens with one attached hydrogen (secondary N) is 1. The number of aliphatic hydroxyl groups is 1. The molecule has 5 heterocycles. The minimum Gasteiger partial charge on any atom is -0.374 e. The smallest absolute Gasteiger partial charge is 0.254 e. The highest BCUT2D eigenvalue weighted by Crippen LogP contribution is 2.27. The van der Waals surface area contributed by atoms with Crippen molar-refractivity contribution in [3.63, 3.8) is 0 Å². The summed E-state index contributed by atoms with van der Waals surface area (Å²) < 4.78 is 0. The number of amides is 2. The van der Waals surface area contributed by atoms with Crippen LogP contribution in [0.2, 0.25) is 0 Å². The van der Waals surface area contributed by atoms with E-state index < -0.39 is 6.23 Å². The first-order valence-electron chi connectivity index (χ1n) is 22.3. The Hall–Kier alpha value is -6.95. The summed E-state index contributed by atoms with van der Waals surface area (Å²) in [6, 6.07) is 34.3. The van der Waals surface area contributed by atoms with Gasteiger partial charge in [-0.15, -0.1) is 0 Å².